The molecule has 1 amide bonds. The summed E-state index contributed by atoms with van der Waals surface area (Å²) in [6.07, 6.45) is 3.07. The molecule has 1 saturated heterocycles. The number of anilines is 1. The molecule has 1 aromatic carbocycles. The van der Waals surface area contributed by atoms with Crippen LogP contribution in [0, 0.1) is 13.8 Å². The second-order valence-corrected chi connectivity index (χ2v) is 9.19. The number of piperidine rings is 1. The lowest BCUT2D eigenvalue weighted by molar-refractivity contribution is -0.129. The number of nitrogens with one attached hydrogen (secondary N) is 1. The van der Waals surface area contributed by atoms with Crippen molar-refractivity contribution in [3.63, 3.8) is 0 Å². The van der Waals surface area contributed by atoms with E-state index in [1.165, 1.54) is 12.0 Å². The fraction of sp³-hybridized carbons (Fsp3) is 0.560. The molecule has 2 aliphatic heterocycles. The molecular weight excluding hydrogens is 402 g/mol. The highest BCUT2D eigenvalue weighted by atomic mass is 16.5. The minimum atomic E-state index is 0.0951. The highest BCUT2D eigenvalue weighted by Gasteiger charge is 2.27. The molecule has 2 aliphatic rings. The van der Waals surface area contributed by atoms with Gasteiger partial charge in [0.15, 0.2) is 0 Å². The summed E-state index contributed by atoms with van der Waals surface area (Å²) in [5.74, 6) is 3.16. The van der Waals surface area contributed by atoms with E-state index in [1.807, 2.05) is 11.0 Å². The summed E-state index contributed by atoms with van der Waals surface area (Å²) in [5, 5.41) is 3.50. The van der Waals surface area contributed by atoms with Gasteiger partial charge in [-0.05, 0) is 51.9 Å². The molecule has 3 heterocycles. The lowest BCUT2D eigenvalue weighted by atomic mass is 9.96. The van der Waals surface area contributed by atoms with Gasteiger partial charge in [-0.3, -0.25) is 4.79 Å². The molecule has 0 unspecified atom stereocenters. The second-order valence-electron chi connectivity index (χ2n) is 9.19. The van der Waals surface area contributed by atoms with E-state index in [4.69, 9.17) is 14.7 Å². The normalized spacial score (nSPS) is 18.9. The van der Waals surface area contributed by atoms with Crippen LogP contribution < -0.4 is 10.1 Å². The number of nitrogens with zero attached hydrogens (tertiary/aromatic N) is 4. The standard InChI is InChI=1S/C25H35N5O2/c1-17-7-8-23(18(2)14-17)32-13-10-26-25-21-16-30(19(3)31)12-9-22(21)27-24(28-25)20-6-5-11-29(4)15-20/h7-8,14,20H,5-6,9-13,15-16H2,1-4H3,(H,26,27,28)/t20-/m0/s1. The van der Waals surface area contributed by atoms with E-state index in [-0.39, 0.29) is 5.91 Å². The van der Waals surface area contributed by atoms with Gasteiger partial charge in [0.05, 0.1) is 18.8 Å². The second kappa shape index (κ2) is 9.86. The Hall–Kier alpha value is -2.67. The predicted octanol–water partition coefficient (Wildman–Crippen LogP) is 3.30. The van der Waals surface area contributed by atoms with Crippen molar-refractivity contribution in [2.24, 2.45) is 0 Å². The van der Waals surface area contributed by atoms with Gasteiger partial charge in [-0.2, -0.15) is 0 Å². The molecule has 1 aromatic heterocycles. The number of fused-ring (bicyclic) bond motifs is 1. The van der Waals surface area contributed by atoms with Crippen molar-refractivity contribution in [1.29, 1.82) is 0 Å². The number of benzene rings is 1. The van der Waals surface area contributed by atoms with Crippen LogP contribution in [0.5, 0.6) is 5.75 Å². The zero-order valence-corrected chi connectivity index (χ0v) is 19.8. The Kier molecular flexibility index (Phi) is 6.94. The highest BCUT2D eigenvalue weighted by Crippen LogP contribution is 2.29. The molecule has 0 saturated carbocycles. The Bertz CT molecular complexity index is 977. The lowest BCUT2D eigenvalue weighted by Crippen LogP contribution is -2.36. The summed E-state index contributed by atoms with van der Waals surface area (Å²) < 4.78 is 6.00. The quantitative estimate of drug-likeness (QED) is 0.700. The van der Waals surface area contributed by atoms with E-state index in [0.717, 1.165) is 66.7 Å². The number of likely N-dealkylation sites (N-methyl/N-ethyl adjacent to an activating group) is 1. The Labute approximate surface area is 191 Å². The number of amides is 1. The Morgan fingerprint density at radius 3 is 2.84 bits per heavy atom. The number of hydrogen-bond donors (Lipinski definition) is 1. The average Bonchev–Trinajstić information content (AvgIpc) is 2.77. The largest absolute Gasteiger partial charge is 0.491 e. The molecule has 172 valence electrons. The Balaban J connectivity index is 1.50. The molecule has 0 bridgehead atoms. The minimum Gasteiger partial charge on any atom is -0.491 e. The van der Waals surface area contributed by atoms with Crippen LogP contribution in [0.15, 0.2) is 18.2 Å². The number of carbonyl (C=O) groups is 1. The topological polar surface area (TPSA) is 70.6 Å². The van der Waals surface area contributed by atoms with Crippen LogP contribution in [-0.4, -0.2) is 65.5 Å². The van der Waals surface area contributed by atoms with Gasteiger partial charge < -0.3 is 19.9 Å². The van der Waals surface area contributed by atoms with Gasteiger partial charge in [-0.15, -0.1) is 0 Å². The zero-order valence-electron chi connectivity index (χ0n) is 19.8. The molecular formula is C25H35N5O2. The van der Waals surface area contributed by atoms with Gasteiger partial charge >= 0.3 is 0 Å². The zero-order chi connectivity index (χ0) is 22.7. The summed E-state index contributed by atoms with van der Waals surface area (Å²) in [7, 11) is 2.17. The average molecular weight is 438 g/mol. The van der Waals surface area contributed by atoms with Crippen LogP contribution in [0.4, 0.5) is 5.82 Å². The van der Waals surface area contributed by atoms with Gasteiger partial charge in [0.2, 0.25) is 5.91 Å². The van der Waals surface area contributed by atoms with Crippen LogP contribution in [0.2, 0.25) is 0 Å². The molecule has 32 heavy (non-hydrogen) atoms. The van der Waals surface area contributed by atoms with Crippen LogP contribution in [0.1, 0.15) is 53.9 Å². The molecule has 1 fully saturated rings. The molecule has 7 heteroatoms. The number of likely N-dealkylation sites (tertiary alicyclic amines) is 1. The van der Waals surface area contributed by atoms with Crippen molar-refractivity contribution in [3.8, 4) is 5.75 Å². The number of carbonyl (C=O) groups excluding carboxylic acids is 1. The number of rotatable bonds is 6. The van der Waals surface area contributed by atoms with Crippen LogP contribution in [0.25, 0.3) is 0 Å². The monoisotopic (exact) mass is 437 g/mol. The first-order valence-electron chi connectivity index (χ1n) is 11.7. The van der Waals surface area contributed by atoms with E-state index >= 15 is 0 Å². The SMILES string of the molecule is CC(=O)N1CCc2nc([C@H]3CCCN(C)C3)nc(NCCOc3ccc(C)cc3C)c2C1. The summed E-state index contributed by atoms with van der Waals surface area (Å²) in [6, 6.07) is 6.23. The Morgan fingerprint density at radius 2 is 2.09 bits per heavy atom. The van der Waals surface area contributed by atoms with Gasteiger partial charge in [-0.25, -0.2) is 9.97 Å². The van der Waals surface area contributed by atoms with Gasteiger partial charge in [0.25, 0.3) is 0 Å². The number of aromatic nitrogens is 2. The summed E-state index contributed by atoms with van der Waals surface area (Å²) in [5.41, 5.74) is 4.51. The first kappa shape index (κ1) is 22.5. The minimum absolute atomic E-state index is 0.0951. The maximum absolute atomic E-state index is 12.0. The summed E-state index contributed by atoms with van der Waals surface area (Å²) in [4.78, 5) is 26.2. The third-order valence-corrected chi connectivity index (χ3v) is 6.50. The van der Waals surface area contributed by atoms with E-state index in [0.29, 0.717) is 25.6 Å². The first-order valence-corrected chi connectivity index (χ1v) is 11.7. The number of hydrogen-bond acceptors (Lipinski definition) is 6. The van der Waals surface area contributed by atoms with Crippen LogP contribution in [-0.2, 0) is 17.8 Å². The molecule has 0 spiro atoms. The van der Waals surface area contributed by atoms with Crippen molar-refractivity contribution in [2.45, 2.75) is 52.5 Å². The van der Waals surface area contributed by atoms with Crippen molar-refractivity contribution < 1.29 is 9.53 Å². The van der Waals surface area contributed by atoms with Crippen molar-refractivity contribution >= 4 is 11.7 Å². The molecule has 0 aliphatic carbocycles. The number of ether oxygens (including phenoxy) is 1. The first-order chi connectivity index (χ1) is 15.4. The van der Waals surface area contributed by atoms with E-state index in [2.05, 4.69) is 43.2 Å². The summed E-state index contributed by atoms with van der Waals surface area (Å²) in [6.45, 7) is 10.4. The summed E-state index contributed by atoms with van der Waals surface area (Å²) >= 11 is 0. The van der Waals surface area contributed by atoms with E-state index in [9.17, 15) is 4.79 Å². The Morgan fingerprint density at radius 1 is 1.25 bits per heavy atom. The highest BCUT2D eigenvalue weighted by molar-refractivity contribution is 5.74. The maximum Gasteiger partial charge on any atom is 0.219 e. The molecule has 1 atom stereocenters. The third-order valence-electron chi connectivity index (χ3n) is 6.50. The third kappa shape index (κ3) is 5.21. The molecule has 0 radical (unpaired) electrons. The smallest absolute Gasteiger partial charge is 0.219 e. The molecule has 7 nitrogen and oxygen atoms in total. The van der Waals surface area contributed by atoms with E-state index < -0.39 is 0 Å². The van der Waals surface area contributed by atoms with Crippen molar-refractivity contribution in [1.82, 2.24) is 19.8 Å². The number of aryl methyl sites for hydroxylation is 2. The van der Waals surface area contributed by atoms with Gasteiger partial charge in [0, 0.05) is 37.9 Å². The lowest BCUT2D eigenvalue weighted by Gasteiger charge is -2.32. The van der Waals surface area contributed by atoms with Gasteiger partial charge in [0.1, 0.15) is 24.0 Å². The molecule has 2 aromatic rings. The van der Waals surface area contributed by atoms with Crippen molar-refractivity contribution in [2.75, 3.05) is 45.2 Å². The molecule has 4 rings (SSSR count). The maximum atomic E-state index is 12.0. The fourth-order valence-corrected chi connectivity index (χ4v) is 4.70. The van der Waals surface area contributed by atoms with Crippen LogP contribution in [0.3, 0.4) is 0 Å². The van der Waals surface area contributed by atoms with Crippen LogP contribution >= 0.6 is 0 Å². The van der Waals surface area contributed by atoms with Gasteiger partial charge in [-0.1, -0.05) is 17.7 Å². The fourth-order valence-electron chi connectivity index (χ4n) is 4.70. The molecule has 1 N–H and O–H groups in total. The van der Waals surface area contributed by atoms with E-state index in [1.54, 1.807) is 6.92 Å². The van der Waals surface area contributed by atoms with Crippen molar-refractivity contribution in [3.05, 3.63) is 46.4 Å². The predicted molar refractivity (Wildman–Crippen MR) is 126 cm³/mol.